The molecule has 0 amide bonds. The topological polar surface area (TPSA) is 55.1 Å². The quantitative estimate of drug-likeness (QED) is 0.643. The Labute approximate surface area is 126 Å². The molecule has 0 saturated heterocycles. The van der Waals surface area contributed by atoms with E-state index in [0.717, 1.165) is 11.4 Å². The molecule has 0 aliphatic heterocycles. The molecule has 2 aromatic rings. The Morgan fingerprint density at radius 1 is 1.10 bits per heavy atom. The van der Waals surface area contributed by atoms with Gasteiger partial charge in [0.25, 0.3) is 0 Å². The van der Waals surface area contributed by atoms with Crippen LogP contribution in [0.2, 0.25) is 0 Å². The summed E-state index contributed by atoms with van der Waals surface area (Å²) in [6, 6.07) is 13.7. The van der Waals surface area contributed by atoms with Crippen LogP contribution in [0.3, 0.4) is 0 Å². The molecular weight excluding hydrogens is 260 g/mol. The number of benzene rings is 2. The number of carbonyl (C=O) groups excluding carboxylic acids is 1. The molecular formula is C18H22N2O. The minimum atomic E-state index is -0.0275. The molecule has 3 heteroatoms. The molecule has 0 bridgehead atoms. The van der Waals surface area contributed by atoms with Gasteiger partial charge in [0, 0.05) is 22.6 Å². The fraction of sp³-hybridized carbons (Fsp3) is 0.278. The molecule has 3 N–H and O–H groups in total. The molecule has 0 aromatic heterocycles. The van der Waals surface area contributed by atoms with Crippen LogP contribution in [-0.2, 0) is 5.41 Å². The third-order valence-corrected chi connectivity index (χ3v) is 3.45. The minimum absolute atomic E-state index is 0.0275. The first-order chi connectivity index (χ1) is 9.79. The van der Waals surface area contributed by atoms with Crippen molar-refractivity contribution in [1.82, 2.24) is 0 Å². The fourth-order valence-electron chi connectivity index (χ4n) is 2.34. The monoisotopic (exact) mass is 282 g/mol. The molecule has 0 saturated carbocycles. The van der Waals surface area contributed by atoms with Gasteiger partial charge in [-0.2, -0.15) is 0 Å². The van der Waals surface area contributed by atoms with E-state index in [1.165, 1.54) is 12.5 Å². The zero-order valence-corrected chi connectivity index (χ0v) is 13.0. The fourth-order valence-corrected chi connectivity index (χ4v) is 2.34. The largest absolute Gasteiger partial charge is 0.398 e. The lowest BCUT2D eigenvalue weighted by molar-refractivity contribution is 0.101. The van der Waals surface area contributed by atoms with Gasteiger partial charge in [-0.25, -0.2) is 0 Å². The third kappa shape index (κ3) is 3.43. The van der Waals surface area contributed by atoms with E-state index in [2.05, 4.69) is 32.2 Å². The van der Waals surface area contributed by atoms with Gasteiger partial charge in [-0.15, -0.1) is 0 Å². The molecule has 110 valence electrons. The summed E-state index contributed by atoms with van der Waals surface area (Å²) in [5.41, 5.74) is 10.1. The summed E-state index contributed by atoms with van der Waals surface area (Å²) in [4.78, 5) is 11.6. The van der Waals surface area contributed by atoms with E-state index in [9.17, 15) is 4.79 Å². The Kier molecular flexibility index (Phi) is 4.03. The molecule has 0 unspecified atom stereocenters. The van der Waals surface area contributed by atoms with Crippen molar-refractivity contribution in [2.45, 2.75) is 33.1 Å². The van der Waals surface area contributed by atoms with E-state index >= 15 is 0 Å². The van der Waals surface area contributed by atoms with Crippen molar-refractivity contribution in [2.75, 3.05) is 11.1 Å². The van der Waals surface area contributed by atoms with Crippen LogP contribution in [0.15, 0.2) is 42.5 Å². The molecule has 3 nitrogen and oxygen atoms in total. The smallest absolute Gasteiger partial charge is 0.161 e. The highest BCUT2D eigenvalue weighted by Gasteiger charge is 2.17. The Morgan fingerprint density at radius 3 is 2.38 bits per heavy atom. The summed E-state index contributed by atoms with van der Waals surface area (Å²) in [5, 5.41) is 3.39. The average molecular weight is 282 g/mol. The number of nitrogens with two attached hydrogens (primary N) is 1. The summed E-state index contributed by atoms with van der Waals surface area (Å²) >= 11 is 0. The average Bonchev–Trinajstić information content (AvgIpc) is 2.40. The maximum Gasteiger partial charge on any atom is 0.161 e. The molecule has 2 rings (SSSR count). The SMILES string of the molecule is CC(=O)c1cc(Nc2ccccc2C(C)(C)C)ccc1N. The van der Waals surface area contributed by atoms with Gasteiger partial charge in [0.15, 0.2) is 5.78 Å². The van der Waals surface area contributed by atoms with Gasteiger partial charge >= 0.3 is 0 Å². The number of ketones is 1. The van der Waals surface area contributed by atoms with Crippen LogP contribution in [0.25, 0.3) is 0 Å². The van der Waals surface area contributed by atoms with Crippen molar-refractivity contribution >= 4 is 22.8 Å². The van der Waals surface area contributed by atoms with E-state index in [1.54, 1.807) is 12.1 Å². The predicted octanol–water partition coefficient (Wildman–Crippen LogP) is 4.51. The first-order valence-corrected chi connectivity index (χ1v) is 7.06. The maximum atomic E-state index is 11.6. The van der Waals surface area contributed by atoms with Crippen molar-refractivity contribution in [3.05, 3.63) is 53.6 Å². The van der Waals surface area contributed by atoms with Crippen molar-refractivity contribution in [3.63, 3.8) is 0 Å². The number of carbonyl (C=O) groups is 1. The van der Waals surface area contributed by atoms with Crippen LogP contribution in [0.5, 0.6) is 0 Å². The van der Waals surface area contributed by atoms with Crippen LogP contribution in [0, 0.1) is 0 Å². The van der Waals surface area contributed by atoms with Crippen LogP contribution in [0.1, 0.15) is 43.6 Å². The van der Waals surface area contributed by atoms with E-state index in [0.29, 0.717) is 11.3 Å². The van der Waals surface area contributed by atoms with Crippen molar-refractivity contribution in [2.24, 2.45) is 0 Å². The Bertz CT molecular complexity index is 669. The van der Waals surface area contributed by atoms with E-state index in [4.69, 9.17) is 5.73 Å². The molecule has 2 aromatic carbocycles. The Morgan fingerprint density at radius 2 is 1.76 bits per heavy atom. The standard InChI is InChI=1S/C18H22N2O/c1-12(21)14-11-13(9-10-16(14)19)20-17-8-6-5-7-15(17)18(2,3)4/h5-11,20H,19H2,1-4H3. The van der Waals surface area contributed by atoms with Gasteiger partial charge in [-0.3, -0.25) is 4.79 Å². The van der Waals surface area contributed by atoms with Gasteiger partial charge in [0.05, 0.1) is 0 Å². The van der Waals surface area contributed by atoms with E-state index < -0.39 is 0 Å². The summed E-state index contributed by atoms with van der Waals surface area (Å²) < 4.78 is 0. The van der Waals surface area contributed by atoms with Crippen LogP contribution >= 0.6 is 0 Å². The molecule has 21 heavy (non-hydrogen) atoms. The highest BCUT2D eigenvalue weighted by Crippen LogP contribution is 2.31. The number of anilines is 3. The lowest BCUT2D eigenvalue weighted by Crippen LogP contribution is -2.13. The summed E-state index contributed by atoms with van der Waals surface area (Å²) in [5.74, 6) is -0.0275. The molecule has 0 heterocycles. The molecule has 0 aliphatic rings. The number of Topliss-reactive ketones (excluding diaryl/α,β-unsaturated/α-hetero) is 1. The molecule has 0 fully saturated rings. The van der Waals surface area contributed by atoms with E-state index in [1.807, 2.05) is 24.3 Å². The van der Waals surface area contributed by atoms with Gasteiger partial charge in [-0.1, -0.05) is 39.0 Å². The normalized spacial score (nSPS) is 11.2. The first kappa shape index (κ1) is 15.1. The van der Waals surface area contributed by atoms with Crippen molar-refractivity contribution in [3.8, 4) is 0 Å². The van der Waals surface area contributed by atoms with Crippen molar-refractivity contribution < 1.29 is 4.79 Å². The number of nitrogens with one attached hydrogen (secondary N) is 1. The van der Waals surface area contributed by atoms with Crippen LogP contribution < -0.4 is 11.1 Å². The predicted molar refractivity (Wildman–Crippen MR) is 89.3 cm³/mol. The second-order valence-corrected chi connectivity index (χ2v) is 6.28. The van der Waals surface area contributed by atoms with Gasteiger partial charge in [0.1, 0.15) is 0 Å². The third-order valence-electron chi connectivity index (χ3n) is 3.45. The van der Waals surface area contributed by atoms with Crippen LogP contribution in [-0.4, -0.2) is 5.78 Å². The summed E-state index contributed by atoms with van der Waals surface area (Å²) in [7, 11) is 0. The molecule has 0 spiro atoms. The lowest BCUT2D eigenvalue weighted by Gasteiger charge is -2.23. The minimum Gasteiger partial charge on any atom is -0.398 e. The summed E-state index contributed by atoms with van der Waals surface area (Å²) in [6.45, 7) is 8.06. The first-order valence-electron chi connectivity index (χ1n) is 7.06. The molecule has 0 aliphatic carbocycles. The highest BCUT2D eigenvalue weighted by molar-refractivity contribution is 6.00. The second-order valence-electron chi connectivity index (χ2n) is 6.28. The zero-order chi connectivity index (χ0) is 15.6. The Balaban J connectivity index is 2.40. The maximum absolute atomic E-state index is 11.6. The number of nitrogen functional groups attached to an aromatic ring is 1. The van der Waals surface area contributed by atoms with Gasteiger partial charge in [-0.05, 0) is 42.2 Å². The number of para-hydroxylation sites is 1. The second kappa shape index (κ2) is 5.60. The number of rotatable bonds is 3. The van der Waals surface area contributed by atoms with E-state index in [-0.39, 0.29) is 11.2 Å². The molecule has 0 atom stereocenters. The number of hydrogen-bond acceptors (Lipinski definition) is 3. The number of hydrogen-bond donors (Lipinski definition) is 2. The van der Waals surface area contributed by atoms with Crippen LogP contribution in [0.4, 0.5) is 17.1 Å². The molecule has 0 radical (unpaired) electrons. The summed E-state index contributed by atoms with van der Waals surface area (Å²) in [6.07, 6.45) is 0. The van der Waals surface area contributed by atoms with Crippen molar-refractivity contribution in [1.29, 1.82) is 0 Å². The Hall–Kier alpha value is -2.29. The zero-order valence-electron chi connectivity index (χ0n) is 13.0. The van der Waals surface area contributed by atoms with Gasteiger partial charge in [0.2, 0.25) is 0 Å². The lowest BCUT2D eigenvalue weighted by atomic mass is 9.86. The highest BCUT2D eigenvalue weighted by atomic mass is 16.1. The van der Waals surface area contributed by atoms with Gasteiger partial charge < -0.3 is 11.1 Å².